The van der Waals surface area contributed by atoms with Crippen LogP contribution in [0, 0.1) is 23.2 Å². The molecular weight excluding hydrogens is 376 g/mol. The quantitative estimate of drug-likeness (QED) is 0.729. The Kier molecular flexibility index (Phi) is 4.60. The second-order valence-corrected chi connectivity index (χ2v) is 10.2. The number of Topliss-reactive ketones (excluding diaryl/α,β-unsaturated/α-hetero) is 1. The van der Waals surface area contributed by atoms with Gasteiger partial charge in [-0.25, -0.2) is 0 Å². The van der Waals surface area contributed by atoms with Crippen molar-refractivity contribution in [2.24, 2.45) is 28.9 Å². The van der Waals surface area contributed by atoms with Gasteiger partial charge >= 0.3 is 0 Å². The van der Waals surface area contributed by atoms with E-state index in [0.717, 1.165) is 24.2 Å². The first-order valence-electron chi connectivity index (χ1n) is 11.3. The molecule has 4 bridgehead atoms. The number of ketones is 1. The zero-order valence-corrected chi connectivity index (χ0v) is 17.6. The molecule has 6 rings (SSSR count). The van der Waals surface area contributed by atoms with Gasteiger partial charge in [0.05, 0.1) is 0 Å². The number of carbonyl (C=O) groups is 2. The summed E-state index contributed by atoms with van der Waals surface area (Å²) >= 11 is 0. The van der Waals surface area contributed by atoms with Crippen molar-refractivity contribution < 1.29 is 9.59 Å². The minimum Gasteiger partial charge on any atom is -0.368 e. The summed E-state index contributed by atoms with van der Waals surface area (Å²) < 4.78 is 1.34. The number of benzene rings is 1. The van der Waals surface area contributed by atoms with Gasteiger partial charge < -0.3 is 10.3 Å². The number of hydrogen-bond acceptors (Lipinski definition) is 3. The number of primary amides is 1. The maximum atomic E-state index is 13.2. The van der Waals surface area contributed by atoms with Crippen LogP contribution in [0.25, 0.3) is 10.8 Å². The van der Waals surface area contributed by atoms with Crippen LogP contribution in [0.4, 0.5) is 0 Å². The lowest BCUT2D eigenvalue weighted by Gasteiger charge is -2.57. The van der Waals surface area contributed by atoms with E-state index in [1.807, 2.05) is 6.07 Å². The van der Waals surface area contributed by atoms with E-state index in [0.29, 0.717) is 28.2 Å². The molecule has 1 heterocycles. The number of aromatic nitrogens is 1. The molecule has 4 aliphatic rings. The average Bonchev–Trinajstić information content (AvgIpc) is 2.70. The molecule has 5 heteroatoms. The first-order chi connectivity index (χ1) is 14.3. The summed E-state index contributed by atoms with van der Waals surface area (Å²) in [4.78, 5) is 37.6. The summed E-state index contributed by atoms with van der Waals surface area (Å²) in [7, 11) is 0. The largest absolute Gasteiger partial charge is 0.368 e. The van der Waals surface area contributed by atoms with E-state index in [1.54, 1.807) is 31.3 Å². The topological polar surface area (TPSA) is 82.2 Å². The van der Waals surface area contributed by atoms with Crippen molar-refractivity contribution in [3.05, 3.63) is 46.4 Å². The number of pyridine rings is 1. The van der Waals surface area contributed by atoms with Crippen molar-refractivity contribution in [1.29, 1.82) is 0 Å². The Morgan fingerprint density at radius 3 is 2.30 bits per heavy atom. The smallest absolute Gasteiger partial charge is 0.259 e. The molecule has 5 nitrogen and oxygen atoms in total. The lowest BCUT2D eigenvalue weighted by Crippen LogP contribution is -2.46. The number of fused-ring (bicyclic) bond motifs is 1. The molecule has 1 aromatic carbocycles. The van der Waals surface area contributed by atoms with Crippen molar-refractivity contribution in [1.82, 2.24) is 4.57 Å². The molecule has 1 atom stereocenters. The summed E-state index contributed by atoms with van der Waals surface area (Å²) in [6.45, 7) is 1.61. The van der Waals surface area contributed by atoms with E-state index in [-0.39, 0.29) is 11.3 Å². The van der Waals surface area contributed by atoms with Crippen LogP contribution in [-0.2, 0) is 4.79 Å². The van der Waals surface area contributed by atoms with Crippen molar-refractivity contribution in [2.75, 3.05) is 0 Å². The predicted octanol–water partition coefficient (Wildman–Crippen LogP) is 4.23. The lowest BCUT2D eigenvalue weighted by molar-refractivity contribution is -0.120. The maximum absolute atomic E-state index is 13.2. The number of nitrogens with two attached hydrogens (primary N) is 1. The van der Waals surface area contributed by atoms with Crippen molar-refractivity contribution in [3.63, 3.8) is 0 Å². The van der Waals surface area contributed by atoms with Gasteiger partial charge in [0.1, 0.15) is 6.04 Å². The molecule has 0 spiro atoms. The summed E-state index contributed by atoms with van der Waals surface area (Å²) in [6.07, 6.45) is 11.2. The highest BCUT2D eigenvalue weighted by atomic mass is 16.2. The molecular formula is C25H30N2O3. The summed E-state index contributed by atoms with van der Waals surface area (Å²) in [5.74, 6) is 2.22. The summed E-state index contributed by atoms with van der Waals surface area (Å²) in [6, 6.07) is 6.36. The van der Waals surface area contributed by atoms with E-state index in [4.69, 9.17) is 5.73 Å². The number of hydrogen-bond donors (Lipinski definition) is 1. The van der Waals surface area contributed by atoms with Gasteiger partial charge in [-0.05, 0) is 92.6 Å². The van der Waals surface area contributed by atoms with Crippen LogP contribution < -0.4 is 11.3 Å². The Hall–Kier alpha value is -2.43. The zero-order chi connectivity index (χ0) is 21.0. The van der Waals surface area contributed by atoms with Crippen LogP contribution in [-0.4, -0.2) is 16.3 Å². The first kappa shape index (κ1) is 19.5. The number of amides is 1. The third-order valence-corrected chi connectivity index (χ3v) is 8.15. The summed E-state index contributed by atoms with van der Waals surface area (Å²) in [5.41, 5.74) is 6.08. The second-order valence-electron chi connectivity index (χ2n) is 10.2. The molecule has 4 saturated carbocycles. The van der Waals surface area contributed by atoms with Gasteiger partial charge in [-0.3, -0.25) is 14.4 Å². The van der Waals surface area contributed by atoms with Crippen molar-refractivity contribution in [2.45, 2.75) is 64.3 Å². The fraction of sp³-hybridized carbons (Fsp3) is 0.560. The minimum atomic E-state index is -0.725. The molecule has 1 amide bonds. The Balaban J connectivity index is 1.40. The Morgan fingerprint density at radius 1 is 1.07 bits per heavy atom. The Labute approximate surface area is 176 Å². The number of rotatable bonds is 6. The van der Waals surface area contributed by atoms with Crippen LogP contribution in [0.2, 0.25) is 0 Å². The number of carbonyl (C=O) groups excluding carboxylic acids is 2. The standard InChI is InChI=1S/C25H30N2O3/c1-15(23(26)29)27-8-6-19-20(3-2-4-21(19)24(27)30)22(28)5-7-25-12-16-9-17(13-25)11-18(10-16)14-25/h2-4,6,8,15-18H,5,7,9-14H2,1H3,(H2,26,29)/t15-,16?,17?,18?,25?/m0/s1. The number of nitrogens with zero attached hydrogens (tertiary/aromatic N) is 1. The first-order valence-corrected chi connectivity index (χ1v) is 11.3. The average molecular weight is 407 g/mol. The zero-order valence-electron chi connectivity index (χ0n) is 17.6. The van der Waals surface area contributed by atoms with E-state index in [2.05, 4.69) is 0 Å². The molecule has 4 aliphatic carbocycles. The van der Waals surface area contributed by atoms with Crippen LogP contribution in [0.5, 0.6) is 0 Å². The molecule has 1 aromatic heterocycles. The van der Waals surface area contributed by atoms with Crippen LogP contribution in [0.1, 0.15) is 74.7 Å². The van der Waals surface area contributed by atoms with Gasteiger partial charge in [-0.15, -0.1) is 0 Å². The molecule has 0 radical (unpaired) electrons. The highest BCUT2D eigenvalue weighted by Crippen LogP contribution is 2.61. The van der Waals surface area contributed by atoms with Gasteiger partial charge in [-0.2, -0.15) is 0 Å². The van der Waals surface area contributed by atoms with Crippen molar-refractivity contribution in [3.8, 4) is 0 Å². The van der Waals surface area contributed by atoms with E-state index < -0.39 is 11.9 Å². The fourth-order valence-corrected chi connectivity index (χ4v) is 7.09. The van der Waals surface area contributed by atoms with Gasteiger partial charge in [0, 0.05) is 23.6 Å². The maximum Gasteiger partial charge on any atom is 0.259 e. The molecule has 0 aliphatic heterocycles. The van der Waals surface area contributed by atoms with Gasteiger partial charge in [0.15, 0.2) is 5.78 Å². The normalized spacial score (nSPS) is 30.5. The third-order valence-electron chi connectivity index (χ3n) is 8.15. The molecule has 2 aromatic rings. The van der Waals surface area contributed by atoms with E-state index in [1.165, 1.54) is 43.1 Å². The third kappa shape index (κ3) is 3.19. The van der Waals surface area contributed by atoms with Gasteiger partial charge in [0.25, 0.3) is 5.56 Å². The van der Waals surface area contributed by atoms with Crippen LogP contribution >= 0.6 is 0 Å². The molecule has 0 saturated heterocycles. The minimum absolute atomic E-state index is 0.122. The molecule has 4 fully saturated rings. The summed E-state index contributed by atoms with van der Waals surface area (Å²) in [5, 5.41) is 1.14. The lowest BCUT2D eigenvalue weighted by atomic mass is 9.48. The van der Waals surface area contributed by atoms with Crippen LogP contribution in [0.3, 0.4) is 0 Å². The van der Waals surface area contributed by atoms with Crippen LogP contribution in [0.15, 0.2) is 35.3 Å². The molecule has 2 N–H and O–H groups in total. The van der Waals surface area contributed by atoms with E-state index >= 15 is 0 Å². The molecule has 158 valence electrons. The van der Waals surface area contributed by atoms with Crippen molar-refractivity contribution >= 4 is 22.5 Å². The predicted molar refractivity (Wildman–Crippen MR) is 116 cm³/mol. The van der Waals surface area contributed by atoms with E-state index in [9.17, 15) is 14.4 Å². The SMILES string of the molecule is C[C@@H](C(N)=O)n1ccc2c(C(=O)CCC34CC5CC(CC(C5)C3)C4)cccc2c1=O. The van der Waals surface area contributed by atoms with Gasteiger partial charge in [0.2, 0.25) is 5.91 Å². The Bertz CT molecular complexity index is 1050. The highest BCUT2D eigenvalue weighted by molar-refractivity contribution is 6.07. The Morgan fingerprint density at radius 2 is 1.70 bits per heavy atom. The molecule has 30 heavy (non-hydrogen) atoms. The van der Waals surface area contributed by atoms with Gasteiger partial charge in [-0.1, -0.05) is 12.1 Å². The fourth-order valence-electron chi connectivity index (χ4n) is 7.09. The second kappa shape index (κ2) is 7.07. The molecule has 0 unspecified atom stereocenters. The highest BCUT2D eigenvalue weighted by Gasteiger charge is 2.50. The monoisotopic (exact) mass is 406 g/mol.